The van der Waals surface area contributed by atoms with Crippen molar-refractivity contribution in [2.75, 3.05) is 0 Å². The molecule has 0 bridgehead atoms. The van der Waals surface area contributed by atoms with Gasteiger partial charge in [0.2, 0.25) is 0 Å². The Bertz CT molecular complexity index is 887. The lowest BCUT2D eigenvalue weighted by Gasteiger charge is -2.09. The second-order valence-corrected chi connectivity index (χ2v) is 5.98. The van der Waals surface area contributed by atoms with Crippen LogP contribution < -0.4 is 15.8 Å². The Morgan fingerprint density at radius 2 is 1.96 bits per heavy atom. The van der Waals surface area contributed by atoms with Gasteiger partial charge >= 0.3 is 0 Å². The first kappa shape index (κ1) is 19.8. The number of benzene rings is 2. The average Bonchev–Trinajstić information content (AvgIpc) is 2.67. The van der Waals surface area contributed by atoms with Crippen molar-refractivity contribution < 1.29 is 9.53 Å². The molecule has 27 heavy (non-hydrogen) atoms. The molecule has 0 radical (unpaired) electrons. The van der Waals surface area contributed by atoms with Crippen molar-refractivity contribution in [2.24, 2.45) is 5.73 Å². The van der Waals surface area contributed by atoms with Gasteiger partial charge in [-0.05, 0) is 49.2 Å². The number of hydrogen-bond acceptors (Lipinski definition) is 4. The Morgan fingerprint density at radius 1 is 1.22 bits per heavy atom. The lowest BCUT2D eigenvalue weighted by atomic mass is 10.1. The minimum absolute atomic E-state index is 0.201. The van der Waals surface area contributed by atoms with Crippen LogP contribution in [-0.2, 0) is 11.3 Å². The first-order chi connectivity index (χ1) is 13.0. The van der Waals surface area contributed by atoms with Crippen LogP contribution in [0.25, 0.3) is 0 Å². The zero-order valence-electron chi connectivity index (χ0n) is 15.5. The van der Waals surface area contributed by atoms with Gasteiger partial charge in [0.1, 0.15) is 11.5 Å². The van der Waals surface area contributed by atoms with Gasteiger partial charge in [-0.25, -0.2) is 0 Å². The van der Waals surface area contributed by atoms with E-state index in [-0.39, 0.29) is 5.91 Å². The van der Waals surface area contributed by atoms with Crippen LogP contribution in [0.1, 0.15) is 31.4 Å². The van der Waals surface area contributed by atoms with Crippen molar-refractivity contribution in [1.82, 2.24) is 5.32 Å². The fourth-order valence-corrected chi connectivity index (χ4v) is 2.34. The van der Waals surface area contributed by atoms with Crippen LogP contribution in [0.2, 0.25) is 0 Å². The molecule has 0 saturated heterocycles. The van der Waals surface area contributed by atoms with E-state index in [1.807, 2.05) is 37.3 Å². The van der Waals surface area contributed by atoms with E-state index in [1.54, 1.807) is 37.3 Å². The van der Waals surface area contributed by atoms with Crippen LogP contribution in [0.3, 0.4) is 0 Å². The number of hydrogen-bond donors (Lipinski definition) is 2. The zero-order valence-corrected chi connectivity index (χ0v) is 15.5. The number of nitrogens with zero attached hydrogens (tertiary/aromatic N) is 1. The Kier molecular flexibility index (Phi) is 7.21. The van der Waals surface area contributed by atoms with Gasteiger partial charge in [0, 0.05) is 12.2 Å². The average molecular weight is 361 g/mol. The van der Waals surface area contributed by atoms with Gasteiger partial charge in [-0.15, -0.1) is 0 Å². The lowest BCUT2D eigenvalue weighted by molar-refractivity contribution is -0.117. The molecule has 138 valence electrons. The van der Waals surface area contributed by atoms with Crippen LogP contribution >= 0.6 is 0 Å². The summed E-state index contributed by atoms with van der Waals surface area (Å²) in [5.41, 5.74) is 8.24. The number of amides is 1. The lowest BCUT2D eigenvalue weighted by Crippen LogP contribution is -2.25. The van der Waals surface area contributed by atoms with E-state index in [4.69, 9.17) is 15.7 Å². The molecule has 0 unspecified atom stereocenters. The van der Waals surface area contributed by atoms with E-state index < -0.39 is 0 Å². The van der Waals surface area contributed by atoms with Gasteiger partial charge in [0.25, 0.3) is 5.91 Å². The fraction of sp³-hybridized carbons (Fsp3) is 0.182. The molecule has 2 aromatic carbocycles. The maximum atomic E-state index is 12.3. The minimum Gasteiger partial charge on any atom is -0.457 e. The standard InChI is InChI=1S/C22H23N3O2/c1-3-4-8-21(16(2)24)22(26)25-15-17-9-11-19(12-10-17)27-20-7-5-6-18(13-20)14-23/h4-13H,3,15,24H2,1-2H3,(H,25,26)/b8-4-,21-16-. The maximum absolute atomic E-state index is 12.3. The third-order valence-corrected chi connectivity index (χ3v) is 3.76. The first-order valence-electron chi connectivity index (χ1n) is 8.71. The summed E-state index contributed by atoms with van der Waals surface area (Å²) in [4.78, 5) is 12.3. The number of ether oxygens (including phenoxy) is 1. The highest BCUT2D eigenvalue weighted by molar-refractivity contribution is 5.96. The Labute approximate surface area is 159 Å². The number of carbonyl (C=O) groups excluding carboxylic acids is 1. The van der Waals surface area contributed by atoms with Crippen molar-refractivity contribution in [3.8, 4) is 17.6 Å². The largest absolute Gasteiger partial charge is 0.457 e. The summed E-state index contributed by atoms with van der Waals surface area (Å²) in [6.45, 7) is 4.10. The Morgan fingerprint density at radius 3 is 2.59 bits per heavy atom. The van der Waals surface area contributed by atoms with Crippen molar-refractivity contribution in [3.05, 3.63) is 83.1 Å². The molecule has 5 nitrogen and oxygen atoms in total. The molecule has 5 heteroatoms. The molecular formula is C22H23N3O2. The highest BCUT2D eigenvalue weighted by Gasteiger charge is 2.08. The van der Waals surface area contributed by atoms with Gasteiger partial charge < -0.3 is 15.8 Å². The highest BCUT2D eigenvalue weighted by atomic mass is 16.5. The van der Waals surface area contributed by atoms with Crippen molar-refractivity contribution in [1.29, 1.82) is 5.26 Å². The summed E-state index contributed by atoms with van der Waals surface area (Å²) in [7, 11) is 0. The topological polar surface area (TPSA) is 88.1 Å². The first-order valence-corrected chi connectivity index (χ1v) is 8.71. The van der Waals surface area contributed by atoms with E-state index in [0.717, 1.165) is 12.0 Å². The van der Waals surface area contributed by atoms with Crippen LogP contribution in [0.5, 0.6) is 11.5 Å². The van der Waals surface area contributed by atoms with Crippen LogP contribution in [0.15, 0.2) is 72.0 Å². The molecular weight excluding hydrogens is 338 g/mol. The molecule has 2 aromatic rings. The van der Waals surface area contributed by atoms with Gasteiger partial charge in [0.05, 0.1) is 17.2 Å². The van der Waals surface area contributed by atoms with E-state index in [9.17, 15) is 4.79 Å². The van der Waals surface area contributed by atoms with Gasteiger partial charge in [-0.1, -0.05) is 37.3 Å². The van der Waals surface area contributed by atoms with E-state index in [0.29, 0.717) is 34.9 Å². The molecule has 0 atom stereocenters. The summed E-state index contributed by atoms with van der Waals surface area (Å²) in [6.07, 6.45) is 4.48. The normalized spacial score (nSPS) is 11.6. The second kappa shape index (κ2) is 9.83. The number of nitrogens with one attached hydrogen (secondary N) is 1. The quantitative estimate of drug-likeness (QED) is 0.572. The summed E-state index contributed by atoms with van der Waals surface area (Å²) < 4.78 is 5.74. The fourth-order valence-electron chi connectivity index (χ4n) is 2.34. The highest BCUT2D eigenvalue weighted by Crippen LogP contribution is 2.22. The predicted molar refractivity (Wildman–Crippen MR) is 106 cm³/mol. The summed E-state index contributed by atoms with van der Waals surface area (Å²) in [5.74, 6) is 1.06. The molecule has 0 aromatic heterocycles. The molecule has 1 amide bonds. The van der Waals surface area contributed by atoms with Crippen molar-refractivity contribution >= 4 is 5.91 Å². The smallest absolute Gasteiger partial charge is 0.253 e. The van der Waals surface area contributed by atoms with Gasteiger partial charge in [-0.2, -0.15) is 5.26 Å². The van der Waals surface area contributed by atoms with E-state index in [1.165, 1.54) is 0 Å². The van der Waals surface area contributed by atoms with Crippen LogP contribution in [-0.4, -0.2) is 5.91 Å². The molecule has 0 aliphatic rings. The number of nitrogens with two attached hydrogens (primary N) is 1. The number of nitriles is 1. The van der Waals surface area contributed by atoms with Crippen molar-refractivity contribution in [3.63, 3.8) is 0 Å². The molecule has 2 rings (SSSR count). The SMILES string of the molecule is CC/C=C\C(C(=O)NCc1ccc(Oc2cccc(C#N)c2)cc1)=C(/C)N. The van der Waals surface area contributed by atoms with Gasteiger partial charge in [0.15, 0.2) is 0 Å². The number of rotatable bonds is 7. The molecule has 0 aliphatic carbocycles. The molecule has 0 heterocycles. The summed E-state index contributed by atoms with van der Waals surface area (Å²) >= 11 is 0. The third-order valence-electron chi connectivity index (χ3n) is 3.76. The molecule has 3 N–H and O–H groups in total. The minimum atomic E-state index is -0.201. The molecule has 0 spiro atoms. The van der Waals surface area contributed by atoms with E-state index in [2.05, 4.69) is 11.4 Å². The third kappa shape index (κ3) is 6.05. The molecule has 0 saturated carbocycles. The second-order valence-electron chi connectivity index (χ2n) is 5.98. The number of carbonyl (C=O) groups is 1. The Balaban J connectivity index is 1.97. The molecule has 0 aliphatic heterocycles. The van der Waals surface area contributed by atoms with Crippen molar-refractivity contribution in [2.45, 2.75) is 26.8 Å². The van der Waals surface area contributed by atoms with Crippen LogP contribution in [0.4, 0.5) is 0 Å². The zero-order chi connectivity index (χ0) is 19.6. The van der Waals surface area contributed by atoms with E-state index >= 15 is 0 Å². The Hall–Kier alpha value is -3.52. The monoisotopic (exact) mass is 361 g/mol. The molecule has 0 fully saturated rings. The maximum Gasteiger partial charge on any atom is 0.253 e. The summed E-state index contributed by atoms with van der Waals surface area (Å²) in [5, 5.41) is 11.8. The van der Waals surface area contributed by atoms with Crippen LogP contribution in [0, 0.1) is 11.3 Å². The van der Waals surface area contributed by atoms with Gasteiger partial charge in [-0.3, -0.25) is 4.79 Å². The number of allylic oxidation sites excluding steroid dienone is 2. The predicted octanol–water partition coefficient (Wildman–Crippen LogP) is 4.17. The summed E-state index contributed by atoms with van der Waals surface area (Å²) in [6, 6.07) is 16.5.